The number of rotatable bonds is 1. The molecule has 2 aromatic rings. The van der Waals surface area contributed by atoms with E-state index in [1.165, 1.54) is 0 Å². The van der Waals surface area contributed by atoms with Crippen LogP contribution in [0.3, 0.4) is 0 Å². The van der Waals surface area contributed by atoms with Gasteiger partial charge in [-0.1, -0.05) is 26.3 Å². The summed E-state index contributed by atoms with van der Waals surface area (Å²) < 4.78 is 7.09. The standard InChI is InChI=1S/C18H24N4O2/c1-10(2)13-12(19-9)11(15(23)24-18(6,7)8)14-20-16(17(3,4)5)21-22(13)14/h1-8H3. The Morgan fingerprint density at radius 2 is 1.75 bits per heavy atom. The lowest BCUT2D eigenvalue weighted by atomic mass is 9.96. The van der Waals surface area contributed by atoms with E-state index in [0.29, 0.717) is 16.8 Å². The van der Waals surface area contributed by atoms with Crippen molar-refractivity contribution in [1.82, 2.24) is 14.6 Å². The predicted octanol–water partition coefficient (Wildman–Crippen LogP) is 3.44. The third-order valence-electron chi connectivity index (χ3n) is 3.36. The zero-order valence-electron chi connectivity index (χ0n) is 15.6. The molecule has 2 heterocycles. The van der Waals surface area contributed by atoms with Crippen molar-refractivity contribution in [2.24, 2.45) is 0 Å². The van der Waals surface area contributed by atoms with Crippen molar-refractivity contribution in [3.8, 4) is 0 Å². The molecule has 0 fully saturated rings. The monoisotopic (exact) mass is 328 g/mol. The molecule has 6 nitrogen and oxygen atoms in total. The summed E-state index contributed by atoms with van der Waals surface area (Å²) in [5, 5.41) is 5.16. The van der Waals surface area contributed by atoms with Gasteiger partial charge in [-0.25, -0.2) is 19.1 Å². The van der Waals surface area contributed by atoms with Crippen molar-refractivity contribution in [2.75, 3.05) is 0 Å². The fourth-order valence-electron chi connectivity index (χ4n) is 2.35. The second-order valence-corrected chi connectivity index (χ2v) is 8.11. The number of aromatic nitrogens is 3. The molecule has 2 aromatic heterocycles. The van der Waals surface area contributed by atoms with E-state index in [2.05, 4.69) is 14.9 Å². The van der Waals surface area contributed by atoms with E-state index in [1.807, 2.05) is 34.6 Å². The molecule has 0 aliphatic carbocycles. The Morgan fingerprint density at radius 3 is 2.17 bits per heavy atom. The van der Waals surface area contributed by atoms with E-state index in [9.17, 15) is 4.79 Å². The molecule has 128 valence electrons. The molecule has 0 saturated carbocycles. The highest BCUT2D eigenvalue weighted by atomic mass is 16.6. The van der Waals surface area contributed by atoms with Crippen molar-refractivity contribution in [3.05, 3.63) is 28.2 Å². The highest BCUT2D eigenvalue weighted by Gasteiger charge is 2.30. The number of nitrogens with zero attached hydrogens (tertiary/aromatic N) is 4. The maximum absolute atomic E-state index is 12.7. The lowest BCUT2D eigenvalue weighted by Crippen LogP contribution is -2.24. The van der Waals surface area contributed by atoms with Crippen molar-refractivity contribution in [3.63, 3.8) is 0 Å². The number of hydrogen-bond acceptors (Lipinski definition) is 4. The van der Waals surface area contributed by atoms with E-state index in [4.69, 9.17) is 11.3 Å². The van der Waals surface area contributed by atoms with E-state index in [1.54, 1.807) is 25.3 Å². The molecule has 0 unspecified atom stereocenters. The molecule has 24 heavy (non-hydrogen) atoms. The van der Waals surface area contributed by atoms with Crippen molar-refractivity contribution in [2.45, 2.75) is 66.4 Å². The largest absolute Gasteiger partial charge is 0.457 e. The highest BCUT2D eigenvalue weighted by molar-refractivity contribution is 6.03. The fourth-order valence-corrected chi connectivity index (χ4v) is 2.35. The molecule has 0 amide bonds. The Balaban J connectivity index is 2.88. The molecule has 0 aliphatic heterocycles. The highest BCUT2D eigenvalue weighted by Crippen LogP contribution is 2.27. The van der Waals surface area contributed by atoms with Crippen LogP contribution in [0.4, 0.5) is 5.69 Å². The van der Waals surface area contributed by atoms with Gasteiger partial charge in [-0.3, -0.25) is 0 Å². The average molecular weight is 328 g/mol. The van der Waals surface area contributed by atoms with Crippen molar-refractivity contribution >= 4 is 22.9 Å². The Bertz CT molecular complexity index is 898. The molecule has 0 bridgehead atoms. The van der Waals surface area contributed by atoms with Crippen LogP contribution in [-0.2, 0) is 10.2 Å². The van der Waals surface area contributed by atoms with Crippen LogP contribution in [0.1, 0.15) is 71.6 Å². The minimum Gasteiger partial charge on any atom is -0.457 e. The van der Waals surface area contributed by atoms with Crippen LogP contribution in [0.25, 0.3) is 16.1 Å². The quantitative estimate of drug-likeness (QED) is 0.594. The van der Waals surface area contributed by atoms with Gasteiger partial charge in [0.15, 0.2) is 11.5 Å². The van der Waals surface area contributed by atoms with Crippen molar-refractivity contribution in [1.29, 1.82) is 0 Å². The van der Waals surface area contributed by atoms with Gasteiger partial charge in [-0.2, -0.15) is 5.10 Å². The Hall–Kier alpha value is -2.42. The lowest BCUT2D eigenvalue weighted by Gasteiger charge is -2.19. The van der Waals surface area contributed by atoms with Crippen LogP contribution in [0.2, 0.25) is 0 Å². The molecule has 0 aliphatic rings. The molecule has 0 N–H and O–H groups in total. The molecule has 0 saturated heterocycles. The number of esters is 1. The first kappa shape index (κ1) is 17.9. The topological polar surface area (TPSA) is 60.8 Å². The minimum atomic E-state index is -0.650. The average Bonchev–Trinajstić information content (AvgIpc) is 2.89. The molecule has 0 aromatic carbocycles. The zero-order chi connectivity index (χ0) is 18.4. The summed E-state index contributed by atoms with van der Waals surface area (Å²) in [6, 6.07) is 0. The number of carbonyl (C=O) groups excluding carboxylic acids is 1. The normalized spacial score (nSPS) is 12.3. The first-order valence-corrected chi connectivity index (χ1v) is 7.88. The summed E-state index contributed by atoms with van der Waals surface area (Å²) in [6.45, 7) is 22.7. The van der Waals surface area contributed by atoms with Gasteiger partial charge < -0.3 is 4.74 Å². The molecule has 6 heteroatoms. The summed E-state index contributed by atoms with van der Waals surface area (Å²) in [4.78, 5) is 20.8. The first-order valence-electron chi connectivity index (χ1n) is 7.88. The summed E-state index contributed by atoms with van der Waals surface area (Å²) in [7, 11) is 0. The van der Waals surface area contributed by atoms with Gasteiger partial charge in [0, 0.05) is 5.41 Å². The summed E-state index contributed by atoms with van der Waals surface area (Å²) in [6.07, 6.45) is 0. The zero-order valence-corrected chi connectivity index (χ0v) is 15.6. The SMILES string of the molecule is [C-]#[N+]c1c(C(=O)OC(C)(C)C)c2nc(C(C)(C)C)nn2c1=C(C)C. The number of ether oxygens (including phenoxy) is 1. The van der Waals surface area contributed by atoms with E-state index in [0.717, 1.165) is 5.57 Å². The van der Waals surface area contributed by atoms with Gasteiger partial charge in [-0.15, -0.1) is 0 Å². The Labute approximate surface area is 142 Å². The van der Waals surface area contributed by atoms with Crippen LogP contribution in [-0.4, -0.2) is 26.2 Å². The molecular weight excluding hydrogens is 304 g/mol. The molecule has 0 atom stereocenters. The Morgan fingerprint density at radius 1 is 1.17 bits per heavy atom. The summed E-state index contributed by atoms with van der Waals surface area (Å²) in [5.41, 5.74) is 0.811. The van der Waals surface area contributed by atoms with Gasteiger partial charge in [0.05, 0.1) is 11.9 Å². The second kappa shape index (κ2) is 5.59. The third-order valence-corrected chi connectivity index (χ3v) is 3.36. The lowest BCUT2D eigenvalue weighted by molar-refractivity contribution is 0.00729. The second-order valence-electron chi connectivity index (χ2n) is 8.11. The summed E-state index contributed by atoms with van der Waals surface area (Å²) >= 11 is 0. The van der Waals surface area contributed by atoms with Crippen LogP contribution in [0.15, 0.2) is 0 Å². The third kappa shape index (κ3) is 3.12. The fraction of sp³-hybridized carbons (Fsp3) is 0.556. The van der Waals surface area contributed by atoms with Gasteiger partial charge in [0.2, 0.25) is 5.69 Å². The van der Waals surface area contributed by atoms with Gasteiger partial charge in [0.1, 0.15) is 11.2 Å². The number of hydrogen-bond donors (Lipinski definition) is 0. The summed E-state index contributed by atoms with van der Waals surface area (Å²) in [5.74, 6) is 0.0835. The predicted molar refractivity (Wildman–Crippen MR) is 93.1 cm³/mol. The van der Waals surface area contributed by atoms with Gasteiger partial charge in [-0.05, 0) is 34.6 Å². The van der Waals surface area contributed by atoms with Gasteiger partial charge >= 0.3 is 5.97 Å². The molecule has 2 rings (SSSR count). The van der Waals surface area contributed by atoms with Crippen LogP contribution < -0.4 is 5.35 Å². The van der Waals surface area contributed by atoms with Crippen LogP contribution in [0.5, 0.6) is 0 Å². The smallest absolute Gasteiger partial charge is 0.331 e. The van der Waals surface area contributed by atoms with E-state index >= 15 is 0 Å². The molecular formula is C18H24N4O2. The van der Waals surface area contributed by atoms with E-state index in [-0.39, 0.29) is 16.7 Å². The maximum atomic E-state index is 12.7. The first-order chi connectivity index (χ1) is 10.9. The molecule has 0 radical (unpaired) electrons. The maximum Gasteiger partial charge on any atom is 0.331 e. The van der Waals surface area contributed by atoms with Crippen LogP contribution in [0, 0.1) is 6.57 Å². The number of fused-ring (bicyclic) bond motifs is 1. The van der Waals surface area contributed by atoms with E-state index < -0.39 is 11.6 Å². The molecule has 0 spiro atoms. The van der Waals surface area contributed by atoms with Crippen LogP contribution >= 0.6 is 0 Å². The Kier molecular flexibility index (Phi) is 4.17. The van der Waals surface area contributed by atoms with Crippen molar-refractivity contribution < 1.29 is 9.53 Å². The van der Waals surface area contributed by atoms with Gasteiger partial charge in [0.25, 0.3) is 0 Å². The number of carbonyl (C=O) groups is 1. The minimum absolute atomic E-state index is 0.194.